The normalized spacial score (nSPS) is 10.9. The largest absolute Gasteiger partial charge is 0.403 e. The Morgan fingerprint density at radius 1 is 1.08 bits per heavy atom. The zero-order chi connectivity index (χ0) is 18.5. The van der Waals surface area contributed by atoms with Crippen LogP contribution in [0.5, 0.6) is 0 Å². The number of thioether (sulfide) groups is 2. The molecule has 1 N–H and O–H groups in total. The number of hydrogen-bond acceptors (Lipinski definition) is 6. The van der Waals surface area contributed by atoms with Crippen LogP contribution in [0.15, 0.2) is 62.7 Å². The minimum Gasteiger partial charge on any atom is -0.403 e. The van der Waals surface area contributed by atoms with Crippen LogP contribution in [0.3, 0.4) is 0 Å². The molecule has 0 aliphatic rings. The molecule has 1 heterocycles. The summed E-state index contributed by atoms with van der Waals surface area (Å²) in [5, 5.41) is 11.1. The number of anilines is 1. The average molecular weight is 386 g/mol. The van der Waals surface area contributed by atoms with Crippen LogP contribution in [0, 0.1) is 0 Å². The topological polar surface area (TPSA) is 68.0 Å². The number of aromatic nitrogens is 2. The van der Waals surface area contributed by atoms with Crippen molar-refractivity contribution in [3.63, 3.8) is 0 Å². The molecule has 0 unspecified atom stereocenters. The van der Waals surface area contributed by atoms with E-state index >= 15 is 0 Å². The molecule has 5 nitrogen and oxygen atoms in total. The van der Waals surface area contributed by atoms with Crippen molar-refractivity contribution in [3.05, 3.63) is 54.1 Å². The van der Waals surface area contributed by atoms with Gasteiger partial charge in [-0.05, 0) is 42.7 Å². The van der Waals surface area contributed by atoms with Gasteiger partial charge in [-0.3, -0.25) is 10.1 Å². The first kappa shape index (κ1) is 18.5. The molecule has 26 heavy (non-hydrogen) atoms. The molecular formula is C19H19N3O2S2. The minimum absolute atomic E-state index is 0.0847. The van der Waals surface area contributed by atoms with E-state index in [2.05, 4.69) is 29.4 Å². The van der Waals surface area contributed by atoms with E-state index in [1.54, 1.807) is 29.6 Å². The Morgan fingerprint density at radius 3 is 2.62 bits per heavy atom. The number of nitrogens with one attached hydrogen (secondary N) is 1. The quantitative estimate of drug-likeness (QED) is 0.587. The lowest BCUT2D eigenvalue weighted by molar-refractivity contribution is 0.102. The molecule has 1 aromatic heterocycles. The van der Waals surface area contributed by atoms with Crippen molar-refractivity contribution >= 4 is 35.4 Å². The lowest BCUT2D eigenvalue weighted by atomic mass is 10.2. The molecule has 0 saturated carbocycles. The number of rotatable bonds is 6. The van der Waals surface area contributed by atoms with Gasteiger partial charge in [0.25, 0.3) is 5.91 Å². The maximum Gasteiger partial charge on any atom is 0.322 e. The van der Waals surface area contributed by atoms with Crippen molar-refractivity contribution in [3.8, 4) is 11.5 Å². The van der Waals surface area contributed by atoms with Gasteiger partial charge in [-0.15, -0.1) is 28.6 Å². The van der Waals surface area contributed by atoms with Crippen molar-refractivity contribution in [2.24, 2.45) is 0 Å². The first-order valence-corrected chi connectivity index (χ1v) is 10.2. The molecule has 0 aliphatic carbocycles. The molecule has 3 rings (SSSR count). The number of benzene rings is 2. The van der Waals surface area contributed by atoms with Crippen LogP contribution < -0.4 is 5.32 Å². The fourth-order valence-electron chi connectivity index (χ4n) is 2.30. The molecule has 0 bridgehead atoms. The van der Waals surface area contributed by atoms with Crippen LogP contribution in [0.2, 0.25) is 0 Å². The lowest BCUT2D eigenvalue weighted by Crippen LogP contribution is -2.12. The van der Waals surface area contributed by atoms with Gasteiger partial charge in [-0.1, -0.05) is 31.1 Å². The predicted molar refractivity (Wildman–Crippen MR) is 107 cm³/mol. The van der Waals surface area contributed by atoms with E-state index in [4.69, 9.17) is 4.42 Å². The van der Waals surface area contributed by atoms with Gasteiger partial charge < -0.3 is 4.42 Å². The molecule has 0 fully saturated rings. The van der Waals surface area contributed by atoms with Crippen molar-refractivity contribution in [1.82, 2.24) is 10.2 Å². The summed E-state index contributed by atoms with van der Waals surface area (Å²) in [4.78, 5) is 14.5. The zero-order valence-corrected chi connectivity index (χ0v) is 16.4. The van der Waals surface area contributed by atoms with Crippen LogP contribution in [0.1, 0.15) is 24.2 Å². The SMILES string of the molecule is CSc1cccc(C(=O)Nc2nnc(-c3cccc(SC(C)C)c3)o2)c1. The molecule has 134 valence electrons. The van der Waals surface area contributed by atoms with E-state index in [0.717, 1.165) is 15.4 Å². The predicted octanol–water partition coefficient (Wildman–Crippen LogP) is 5.21. The molecule has 0 spiro atoms. The third-order valence-corrected chi connectivity index (χ3v) is 5.15. The Kier molecular flexibility index (Phi) is 6.00. The van der Waals surface area contributed by atoms with Gasteiger partial charge in [-0.2, -0.15) is 0 Å². The Balaban J connectivity index is 1.74. The van der Waals surface area contributed by atoms with E-state index in [1.807, 2.05) is 48.7 Å². The van der Waals surface area contributed by atoms with Gasteiger partial charge >= 0.3 is 6.01 Å². The van der Waals surface area contributed by atoms with Crippen molar-refractivity contribution in [2.75, 3.05) is 11.6 Å². The summed E-state index contributed by atoms with van der Waals surface area (Å²) >= 11 is 3.34. The Morgan fingerprint density at radius 2 is 1.85 bits per heavy atom. The molecule has 0 saturated heterocycles. The van der Waals surface area contributed by atoms with Crippen LogP contribution in [0.25, 0.3) is 11.5 Å². The molecule has 1 amide bonds. The van der Waals surface area contributed by atoms with Crippen LogP contribution >= 0.6 is 23.5 Å². The maximum absolute atomic E-state index is 12.4. The fourth-order valence-corrected chi connectivity index (χ4v) is 3.65. The first-order chi connectivity index (χ1) is 12.5. The second kappa shape index (κ2) is 8.42. The number of hydrogen-bond donors (Lipinski definition) is 1. The molecule has 0 aliphatic heterocycles. The summed E-state index contributed by atoms with van der Waals surface area (Å²) in [5.41, 5.74) is 1.37. The molecule has 0 atom stereocenters. The summed E-state index contributed by atoms with van der Waals surface area (Å²) < 4.78 is 5.61. The van der Waals surface area contributed by atoms with Gasteiger partial charge in [0.15, 0.2) is 0 Å². The van der Waals surface area contributed by atoms with E-state index < -0.39 is 0 Å². The highest BCUT2D eigenvalue weighted by atomic mass is 32.2. The van der Waals surface area contributed by atoms with Crippen molar-refractivity contribution in [2.45, 2.75) is 28.9 Å². The zero-order valence-electron chi connectivity index (χ0n) is 14.7. The maximum atomic E-state index is 12.4. The minimum atomic E-state index is -0.278. The van der Waals surface area contributed by atoms with E-state index in [1.165, 1.54) is 0 Å². The first-order valence-electron chi connectivity index (χ1n) is 8.11. The summed E-state index contributed by atoms with van der Waals surface area (Å²) in [7, 11) is 0. The highest BCUT2D eigenvalue weighted by Crippen LogP contribution is 2.28. The third-order valence-electron chi connectivity index (χ3n) is 3.43. The smallest absolute Gasteiger partial charge is 0.322 e. The van der Waals surface area contributed by atoms with Gasteiger partial charge in [0.05, 0.1) is 0 Å². The molecule has 7 heteroatoms. The molecular weight excluding hydrogens is 366 g/mol. The van der Waals surface area contributed by atoms with Crippen LogP contribution in [-0.2, 0) is 0 Å². The second-order valence-electron chi connectivity index (χ2n) is 5.79. The summed E-state index contributed by atoms with van der Waals surface area (Å²) in [6.45, 7) is 4.29. The Hall–Kier alpha value is -2.25. The summed E-state index contributed by atoms with van der Waals surface area (Å²) in [6.07, 6.45) is 1.97. The van der Waals surface area contributed by atoms with E-state index in [9.17, 15) is 4.79 Å². The summed E-state index contributed by atoms with van der Waals surface area (Å²) in [6, 6.07) is 15.4. The number of carbonyl (C=O) groups excluding carboxylic acids is 1. The van der Waals surface area contributed by atoms with Gasteiger partial charge in [-0.25, -0.2) is 0 Å². The van der Waals surface area contributed by atoms with Crippen molar-refractivity contribution in [1.29, 1.82) is 0 Å². The summed E-state index contributed by atoms with van der Waals surface area (Å²) in [5.74, 6) is 0.101. The second-order valence-corrected chi connectivity index (χ2v) is 8.32. The van der Waals surface area contributed by atoms with Crippen LogP contribution in [-0.4, -0.2) is 27.6 Å². The molecule has 2 aromatic carbocycles. The molecule has 0 radical (unpaired) electrons. The van der Waals surface area contributed by atoms with Crippen molar-refractivity contribution < 1.29 is 9.21 Å². The number of nitrogens with zero attached hydrogens (tertiary/aromatic N) is 2. The van der Waals surface area contributed by atoms with Gasteiger partial charge in [0, 0.05) is 26.2 Å². The number of amides is 1. The Bertz CT molecular complexity index is 909. The van der Waals surface area contributed by atoms with Gasteiger partial charge in [0.1, 0.15) is 0 Å². The standard InChI is InChI=1S/C19H19N3O2S2/c1-12(2)26-16-9-5-7-14(11-16)18-21-22-19(24-18)20-17(23)13-6-4-8-15(10-13)25-3/h4-12H,1-3H3,(H,20,22,23). The van der Waals surface area contributed by atoms with Crippen LogP contribution in [0.4, 0.5) is 6.01 Å². The monoisotopic (exact) mass is 385 g/mol. The Labute approximate surface area is 161 Å². The fraction of sp³-hybridized carbons (Fsp3) is 0.211. The molecule has 3 aromatic rings. The number of carbonyl (C=O) groups is 1. The highest BCUT2D eigenvalue weighted by Gasteiger charge is 2.13. The van der Waals surface area contributed by atoms with Gasteiger partial charge in [0.2, 0.25) is 5.89 Å². The average Bonchev–Trinajstić information content (AvgIpc) is 3.10. The lowest BCUT2D eigenvalue weighted by Gasteiger charge is -2.05. The highest BCUT2D eigenvalue weighted by molar-refractivity contribution is 8.00. The third kappa shape index (κ3) is 4.68. The van der Waals surface area contributed by atoms with E-state index in [-0.39, 0.29) is 11.9 Å². The van der Waals surface area contributed by atoms with E-state index in [0.29, 0.717) is 16.7 Å².